The largest absolute Gasteiger partial charge is 0.483 e. The third-order valence-corrected chi connectivity index (χ3v) is 3.04. The third kappa shape index (κ3) is 1.33. The Kier molecular flexibility index (Phi) is 2.33. The molecule has 1 aliphatic heterocycles. The average Bonchev–Trinajstić information content (AvgIpc) is 2.63. The third-order valence-electron chi connectivity index (χ3n) is 2.06. The Labute approximate surface area is 85.6 Å². The summed E-state index contributed by atoms with van der Waals surface area (Å²) in [4.78, 5) is 11.5. The Morgan fingerprint density at radius 2 is 2.50 bits per heavy atom. The van der Waals surface area contributed by atoms with Gasteiger partial charge in [0.05, 0.1) is 13.2 Å². The van der Waals surface area contributed by atoms with Gasteiger partial charge in [-0.15, -0.1) is 0 Å². The zero-order valence-corrected chi connectivity index (χ0v) is 8.65. The monoisotopic (exact) mass is 213 g/mol. The Balaban J connectivity index is 2.37. The molecule has 1 aromatic heterocycles. The van der Waals surface area contributed by atoms with Crippen LogP contribution in [0.15, 0.2) is 0 Å². The van der Waals surface area contributed by atoms with E-state index in [1.807, 2.05) is 0 Å². The molecule has 0 aliphatic carbocycles. The molecule has 0 amide bonds. The van der Waals surface area contributed by atoms with E-state index in [4.69, 9.17) is 15.2 Å². The number of nitrogens with two attached hydrogens (primary N) is 1. The van der Waals surface area contributed by atoms with Crippen LogP contribution in [0, 0.1) is 0 Å². The van der Waals surface area contributed by atoms with E-state index in [1.54, 1.807) is 6.92 Å². The van der Waals surface area contributed by atoms with Crippen molar-refractivity contribution in [2.45, 2.75) is 13.3 Å². The fourth-order valence-corrected chi connectivity index (χ4v) is 2.46. The maximum absolute atomic E-state index is 11.5. The molecule has 4 nitrogen and oxygen atoms in total. The number of carbonyl (C=O) groups excluding carboxylic acids is 1. The minimum absolute atomic E-state index is 0.340. The lowest BCUT2D eigenvalue weighted by atomic mass is 10.1. The molecule has 0 radical (unpaired) electrons. The molecule has 0 saturated heterocycles. The molecule has 1 aliphatic rings. The summed E-state index contributed by atoms with van der Waals surface area (Å²) in [5, 5.41) is 1.26. The van der Waals surface area contributed by atoms with Crippen LogP contribution < -0.4 is 10.5 Å². The smallest absolute Gasteiger partial charge is 0.341 e. The van der Waals surface area contributed by atoms with E-state index in [9.17, 15) is 4.79 Å². The summed E-state index contributed by atoms with van der Waals surface area (Å²) in [6.07, 6.45) is 0.747. The first-order chi connectivity index (χ1) is 6.74. The van der Waals surface area contributed by atoms with Crippen LogP contribution in [0.2, 0.25) is 0 Å². The molecule has 14 heavy (non-hydrogen) atoms. The van der Waals surface area contributed by atoms with E-state index in [0.717, 1.165) is 17.0 Å². The van der Waals surface area contributed by atoms with Crippen LogP contribution >= 0.6 is 11.3 Å². The summed E-state index contributed by atoms with van der Waals surface area (Å²) in [5.74, 6) is -0.340. The fraction of sp³-hybridized carbons (Fsp3) is 0.444. The molecule has 2 heterocycles. The molecule has 2 N–H and O–H groups in total. The molecule has 0 atom stereocenters. The van der Waals surface area contributed by atoms with Crippen molar-refractivity contribution in [3.63, 3.8) is 0 Å². The van der Waals surface area contributed by atoms with Gasteiger partial charge in [-0.05, 0) is 6.92 Å². The number of hydrogen-bond donors (Lipinski definition) is 1. The van der Waals surface area contributed by atoms with Crippen LogP contribution in [-0.2, 0) is 11.2 Å². The quantitative estimate of drug-likeness (QED) is 0.755. The number of rotatable bonds is 2. The predicted molar refractivity (Wildman–Crippen MR) is 53.9 cm³/mol. The SMILES string of the molecule is CCOC(=O)c1c(N)sc2c1CCO2. The van der Waals surface area contributed by atoms with E-state index >= 15 is 0 Å². The van der Waals surface area contributed by atoms with Gasteiger partial charge < -0.3 is 15.2 Å². The number of hydrogen-bond acceptors (Lipinski definition) is 5. The minimum atomic E-state index is -0.340. The van der Waals surface area contributed by atoms with E-state index in [1.165, 1.54) is 11.3 Å². The van der Waals surface area contributed by atoms with Crippen LogP contribution in [0.3, 0.4) is 0 Å². The summed E-state index contributed by atoms with van der Waals surface area (Å²) in [6, 6.07) is 0. The van der Waals surface area contributed by atoms with Crippen molar-refractivity contribution in [1.29, 1.82) is 0 Å². The lowest BCUT2D eigenvalue weighted by Gasteiger charge is -2.01. The highest BCUT2D eigenvalue weighted by molar-refractivity contribution is 7.18. The summed E-state index contributed by atoms with van der Waals surface area (Å²) >= 11 is 1.31. The van der Waals surface area contributed by atoms with E-state index in [0.29, 0.717) is 23.8 Å². The van der Waals surface area contributed by atoms with Crippen molar-refractivity contribution in [3.05, 3.63) is 11.1 Å². The van der Waals surface area contributed by atoms with Crippen LogP contribution in [0.1, 0.15) is 22.8 Å². The van der Waals surface area contributed by atoms with Crippen molar-refractivity contribution in [2.24, 2.45) is 0 Å². The molecule has 76 valence electrons. The van der Waals surface area contributed by atoms with E-state index in [-0.39, 0.29) is 5.97 Å². The maximum Gasteiger partial charge on any atom is 0.341 e. The molecule has 0 saturated carbocycles. The van der Waals surface area contributed by atoms with Crippen molar-refractivity contribution in [1.82, 2.24) is 0 Å². The van der Waals surface area contributed by atoms with Crippen LogP contribution in [0.5, 0.6) is 5.06 Å². The highest BCUT2D eigenvalue weighted by atomic mass is 32.1. The zero-order valence-electron chi connectivity index (χ0n) is 7.83. The number of anilines is 1. The van der Waals surface area contributed by atoms with Gasteiger partial charge in [-0.3, -0.25) is 0 Å². The molecule has 5 heteroatoms. The number of ether oxygens (including phenoxy) is 2. The second kappa shape index (κ2) is 3.49. The standard InChI is InChI=1S/C9H11NO3S/c1-2-12-8(11)6-5-3-4-13-9(5)14-7(6)10/h2-4,10H2,1H3. The van der Waals surface area contributed by atoms with Crippen LogP contribution in [0.25, 0.3) is 0 Å². The average molecular weight is 213 g/mol. The minimum Gasteiger partial charge on any atom is -0.483 e. The molecule has 0 unspecified atom stereocenters. The van der Waals surface area contributed by atoms with Crippen LogP contribution in [0.4, 0.5) is 5.00 Å². The maximum atomic E-state index is 11.5. The first-order valence-corrected chi connectivity index (χ1v) is 5.26. The van der Waals surface area contributed by atoms with Gasteiger partial charge in [0, 0.05) is 12.0 Å². The number of esters is 1. The predicted octanol–water partition coefficient (Wildman–Crippen LogP) is 1.44. The molecule has 0 fully saturated rings. The van der Waals surface area contributed by atoms with Gasteiger partial charge in [-0.2, -0.15) is 0 Å². The first-order valence-electron chi connectivity index (χ1n) is 4.45. The van der Waals surface area contributed by atoms with Gasteiger partial charge in [0.25, 0.3) is 0 Å². The van der Waals surface area contributed by atoms with Gasteiger partial charge in [-0.25, -0.2) is 4.79 Å². The normalized spacial score (nSPS) is 13.5. The highest BCUT2D eigenvalue weighted by Gasteiger charge is 2.27. The lowest BCUT2D eigenvalue weighted by molar-refractivity contribution is 0.0527. The summed E-state index contributed by atoms with van der Waals surface area (Å²) in [6.45, 7) is 2.77. The van der Waals surface area contributed by atoms with E-state index < -0.39 is 0 Å². The Morgan fingerprint density at radius 3 is 3.21 bits per heavy atom. The topological polar surface area (TPSA) is 61.5 Å². The number of fused-ring (bicyclic) bond motifs is 1. The highest BCUT2D eigenvalue weighted by Crippen LogP contribution is 2.41. The van der Waals surface area contributed by atoms with Crippen LogP contribution in [-0.4, -0.2) is 19.2 Å². The summed E-state index contributed by atoms with van der Waals surface area (Å²) in [5.41, 5.74) is 7.13. The second-order valence-corrected chi connectivity index (χ2v) is 3.94. The summed E-state index contributed by atoms with van der Waals surface area (Å²) < 4.78 is 10.2. The van der Waals surface area contributed by atoms with E-state index in [2.05, 4.69) is 0 Å². The molecule has 2 rings (SSSR count). The molecule has 1 aromatic rings. The Bertz CT molecular complexity index is 372. The first kappa shape index (κ1) is 9.33. The van der Waals surface area contributed by atoms with Gasteiger partial charge >= 0.3 is 5.97 Å². The lowest BCUT2D eigenvalue weighted by Crippen LogP contribution is -2.08. The number of carbonyl (C=O) groups is 1. The zero-order chi connectivity index (χ0) is 10.1. The Morgan fingerprint density at radius 1 is 1.71 bits per heavy atom. The molecular weight excluding hydrogens is 202 g/mol. The number of nitrogen functional groups attached to an aromatic ring is 1. The molecule has 0 spiro atoms. The van der Waals surface area contributed by atoms with Crippen molar-refractivity contribution in [2.75, 3.05) is 18.9 Å². The van der Waals surface area contributed by atoms with Gasteiger partial charge in [-0.1, -0.05) is 11.3 Å². The van der Waals surface area contributed by atoms with Crippen molar-refractivity contribution < 1.29 is 14.3 Å². The van der Waals surface area contributed by atoms with Crippen molar-refractivity contribution >= 4 is 22.3 Å². The summed E-state index contributed by atoms with van der Waals surface area (Å²) in [7, 11) is 0. The Hall–Kier alpha value is -1.23. The van der Waals surface area contributed by atoms with Crippen molar-refractivity contribution in [3.8, 4) is 5.06 Å². The number of thiophene rings is 1. The van der Waals surface area contributed by atoms with Gasteiger partial charge in [0.1, 0.15) is 10.6 Å². The molecule has 0 aromatic carbocycles. The van der Waals surface area contributed by atoms with Gasteiger partial charge in [0.15, 0.2) is 5.06 Å². The molecule has 0 bridgehead atoms. The molecular formula is C9H11NO3S. The second-order valence-electron chi connectivity index (χ2n) is 2.93. The van der Waals surface area contributed by atoms with Gasteiger partial charge in [0.2, 0.25) is 0 Å². The fourth-order valence-electron chi connectivity index (χ4n) is 1.48.